The molecule has 0 aliphatic carbocycles. The Balaban J connectivity index is 3.41. The maximum absolute atomic E-state index is 13.4. The van der Waals surface area contributed by atoms with Crippen LogP contribution in [0.5, 0.6) is 0 Å². The summed E-state index contributed by atoms with van der Waals surface area (Å²) in [5.41, 5.74) is -1.66. The van der Waals surface area contributed by atoms with Gasteiger partial charge in [-0.05, 0) is 19.9 Å². The Labute approximate surface area is 103 Å². The molecule has 0 aromatic heterocycles. The highest BCUT2D eigenvalue weighted by molar-refractivity contribution is 14.1. The molecule has 0 atom stereocenters. The van der Waals surface area contributed by atoms with Crippen molar-refractivity contribution in [1.82, 2.24) is 0 Å². The lowest BCUT2D eigenvalue weighted by atomic mass is 10.00. The largest absolute Gasteiger partial charge is 0.419 e. The Kier molecular flexibility index (Phi) is 3.52. The van der Waals surface area contributed by atoms with Crippen molar-refractivity contribution in [3.05, 3.63) is 34.9 Å². The highest BCUT2D eigenvalue weighted by Crippen LogP contribution is 2.38. The summed E-state index contributed by atoms with van der Waals surface area (Å²) in [6.45, 7) is 3.16. The normalized spacial score (nSPS) is 13.0. The van der Waals surface area contributed by atoms with Gasteiger partial charge in [0.2, 0.25) is 0 Å². The number of benzene rings is 1. The third-order valence-corrected chi connectivity index (χ3v) is 2.61. The van der Waals surface area contributed by atoms with Crippen LogP contribution in [0.1, 0.15) is 25.0 Å². The molecule has 0 aliphatic heterocycles. The molecule has 90 valence electrons. The molecule has 0 aliphatic rings. The summed E-state index contributed by atoms with van der Waals surface area (Å²) in [6.07, 6.45) is -4.88. The fraction of sp³-hybridized carbons (Fsp3) is 0.400. The Hall–Kier alpha value is -0.400. The van der Waals surface area contributed by atoms with E-state index in [1.807, 2.05) is 22.6 Å². The summed E-state index contributed by atoms with van der Waals surface area (Å²) in [5, 5.41) is 0. The predicted octanol–water partition coefficient (Wildman–Crippen LogP) is 4.65. The third kappa shape index (κ3) is 2.64. The molecular formula is C10H8F5I. The van der Waals surface area contributed by atoms with Gasteiger partial charge in [0.25, 0.3) is 0 Å². The summed E-state index contributed by atoms with van der Waals surface area (Å²) < 4.78 is 62.6. The highest BCUT2D eigenvalue weighted by Gasteiger charge is 2.37. The molecule has 6 heteroatoms. The van der Waals surface area contributed by atoms with Crippen LogP contribution in [0, 0.1) is 11.6 Å². The minimum absolute atomic E-state index is 0.0846. The van der Waals surface area contributed by atoms with Crippen LogP contribution in [0.4, 0.5) is 22.0 Å². The zero-order chi connectivity index (χ0) is 12.7. The van der Waals surface area contributed by atoms with Crippen molar-refractivity contribution in [2.45, 2.75) is 23.4 Å². The van der Waals surface area contributed by atoms with E-state index in [2.05, 4.69) is 0 Å². The van der Waals surface area contributed by atoms with Crippen LogP contribution in [0.3, 0.4) is 0 Å². The first-order chi connectivity index (χ1) is 7.05. The second-order valence-corrected chi connectivity index (χ2v) is 6.46. The average Bonchev–Trinajstić information content (AvgIpc) is 2.05. The Morgan fingerprint density at radius 2 is 1.31 bits per heavy atom. The Bertz CT molecular complexity index is 364. The Morgan fingerprint density at radius 1 is 0.938 bits per heavy atom. The number of alkyl halides is 4. The van der Waals surface area contributed by atoms with E-state index in [-0.39, 0.29) is 5.56 Å². The molecule has 0 nitrogen and oxygen atoms in total. The molecule has 0 unspecified atom stereocenters. The molecule has 0 saturated heterocycles. The number of halogens is 6. The van der Waals surface area contributed by atoms with Crippen LogP contribution in [0.25, 0.3) is 0 Å². The molecule has 1 aromatic carbocycles. The van der Waals surface area contributed by atoms with Gasteiger partial charge in [-0.15, -0.1) is 0 Å². The van der Waals surface area contributed by atoms with E-state index in [4.69, 9.17) is 0 Å². The zero-order valence-electron chi connectivity index (χ0n) is 8.42. The smallest absolute Gasteiger partial charge is 0.203 e. The fourth-order valence-electron chi connectivity index (χ4n) is 1.23. The maximum atomic E-state index is 13.4. The molecule has 1 aromatic rings. The van der Waals surface area contributed by atoms with Gasteiger partial charge in [0.05, 0.1) is 5.56 Å². The average molecular weight is 350 g/mol. The second kappa shape index (κ2) is 4.12. The molecule has 0 saturated carbocycles. The van der Waals surface area contributed by atoms with Gasteiger partial charge < -0.3 is 0 Å². The van der Waals surface area contributed by atoms with E-state index in [1.54, 1.807) is 13.8 Å². The molecular weight excluding hydrogens is 342 g/mol. The number of hydrogen-bond acceptors (Lipinski definition) is 0. The molecule has 0 amide bonds. The minimum Gasteiger partial charge on any atom is -0.203 e. The van der Waals surface area contributed by atoms with Crippen LogP contribution in [0.2, 0.25) is 0 Å². The van der Waals surface area contributed by atoms with E-state index < -0.39 is 26.8 Å². The summed E-state index contributed by atoms with van der Waals surface area (Å²) in [4.78, 5) is 0. The molecule has 0 N–H and O–H groups in total. The summed E-state index contributed by atoms with van der Waals surface area (Å²) >= 11 is 1.83. The van der Waals surface area contributed by atoms with Crippen molar-refractivity contribution in [1.29, 1.82) is 0 Å². The summed E-state index contributed by atoms with van der Waals surface area (Å²) in [5.74, 6) is -3.27. The van der Waals surface area contributed by atoms with Gasteiger partial charge >= 0.3 is 6.18 Å². The minimum atomic E-state index is -4.88. The van der Waals surface area contributed by atoms with Crippen molar-refractivity contribution in [3.63, 3.8) is 0 Å². The zero-order valence-corrected chi connectivity index (χ0v) is 10.6. The van der Waals surface area contributed by atoms with E-state index in [9.17, 15) is 22.0 Å². The molecule has 0 radical (unpaired) electrons. The third-order valence-electron chi connectivity index (χ3n) is 2.03. The molecule has 0 heterocycles. The standard InChI is InChI=1S/C10H8F5I/c1-9(2,16)5-3-4-6(10(13,14)15)8(12)7(5)11/h3-4H,1-2H3. The lowest BCUT2D eigenvalue weighted by Gasteiger charge is -2.19. The highest BCUT2D eigenvalue weighted by atomic mass is 127. The van der Waals surface area contributed by atoms with Crippen molar-refractivity contribution in [2.75, 3.05) is 0 Å². The summed E-state index contributed by atoms with van der Waals surface area (Å²) in [7, 11) is 0. The van der Waals surface area contributed by atoms with Crippen LogP contribution < -0.4 is 0 Å². The summed E-state index contributed by atoms with van der Waals surface area (Å²) in [6, 6.07) is 1.53. The maximum Gasteiger partial charge on any atom is 0.419 e. The van der Waals surface area contributed by atoms with Crippen LogP contribution in [-0.4, -0.2) is 0 Å². The van der Waals surface area contributed by atoms with Crippen molar-refractivity contribution in [2.24, 2.45) is 0 Å². The first kappa shape index (κ1) is 13.7. The van der Waals surface area contributed by atoms with Crippen LogP contribution in [-0.2, 0) is 9.60 Å². The number of hydrogen-bond donors (Lipinski definition) is 0. The molecule has 0 spiro atoms. The van der Waals surface area contributed by atoms with Crippen LogP contribution >= 0.6 is 22.6 Å². The van der Waals surface area contributed by atoms with Crippen molar-refractivity contribution < 1.29 is 22.0 Å². The first-order valence-electron chi connectivity index (χ1n) is 4.29. The van der Waals surface area contributed by atoms with Gasteiger partial charge in [0.15, 0.2) is 11.6 Å². The Morgan fingerprint density at radius 3 is 1.69 bits per heavy atom. The topological polar surface area (TPSA) is 0 Å². The van der Waals surface area contributed by atoms with Crippen molar-refractivity contribution >= 4 is 22.6 Å². The monoisotopic (exact) mass is 350 g/mol. The lowest BCUT2D eigenvalue weighted by molar-refractivity contribution is -0.140. The van der Waals surface area contributed by atoms with Crippen LogP contribution in [0.15, 0.2) is 12.1 Å². The van der Waals surface area contributed by atoms with Gasteiger partial charge in [-0.2, -0.15) is 13.2 Å². The SMILES string of the molecule is CC(C)(I)c1ccc(C(F)(F)F)c(F)c1F. The molecule has 1 rings (SSSR count). The quantitative estimate of drug-likeness (QED) is 0.393. The molecule has 0 fully saturated rings. The van der Waals surface area contributed by atoms with E-state index in [0.717, 1.165) is 6.07 Å². The van der Waals surface area contributed by atoms with E-state index >= 15 is 0 Å². The van der Waals surface area contributed by atoms with Gasteiger partial charge in [-0.3, -0.25) is 0 Å². The van der Waals surface area contributed by atoms with E-state index in [0.29, 0.717) is 6.07 Å². The fourth-order valence-corrected chi connectivity index (χ4v) is 1.64. The lowest BCUT2D eigenvalue weighted by Crippen LogP contribution is -2.15. The van der Waals surface area contributed by atoms with Gasteiger partial charge in [0.1, 0.15) is 0 Å². The first-order valence-corrected chi connectivity index (χ1v) is 5.37. The predicted molar refractivity (Wildman–Crippen MR) is 58.4 cm³/mol. The second-order valence-electron chi connectivity index (χ2n) is 3.76. The van der Waals surface area contributed by atoms with Gasteiger partial charge in [-0.1, -0.05) is 28.7 Å². The van der Waals surface area contributed by atoms with Crippen molar-refractivity contribution in [3.8, 4) is 0 Å². The van der Waals surface area contributed by atoms with Gasteiger partial charge in [-0.25, -0.2) is 8.78 Å². The molecule has 16 heavy (non-hydrogen) atoms. The number of rotatable bonds is 1. The molecule has 0 bridgehead atoms. The van der Waals surface area contributed by atoms with Gasteiger partial charge in [0, 0.05) is 8.99 Å². The van der Waals surface area contributed by atoms with E-state index in [1.165, 1.54) is 0 Å².